The number of hydrogen-bond donors (Lipinski definition) is 2. The Kier molecular flexibility index (Phi) is 3.64. The molecule has 0 aromatic heterocycles. The Morgan fingerprint density at radius 3 is 2.30 bits per heavy atom. The van der Waals surface area contributed by atoms with Crippen molar-refractivity contribution in [1.29, 1.82) is 0 Å². The molecule has 0 aromatic rings. The molecule has 0 saturated heterocycles. The van der Waals surface area contributed by atoms with Crippen LogP contribution >= 0.6 is 0 Å². The van der Waals surface area contributed by atoms with Gasteiger partial charge in [-0.25, -0.2) is 0 Å². The van der Waals surface area contributed by atoms with E-state index in [1.165, 1.54) is 20.1 Å². The molecule has 1 radical (unpaired) electrons. The fourth-order valence-corrected chi connectivity index (χ4v) is 0.468. The van der Waals surface area contributed by atoms with Gasteiger partial charge in [-0.3, -0.25) is 9.59 Å². The lowest BCUT2D eigenvalue weighted by Crippen LogP contribution is -2.42. The molecule has 0 bridgehead atoms. The van der Waals surface area contributed by atoms with E-state index in [-0.39, 0.29) is 5.91 Å². The SMILES string of the molecule is CC(=O)NC([C]=O)C(C)O. The molecule has 0 aliphatic rings. The molecule has 57 valence electrons. The van der Waals surface area contributed by atoms with Crippen LogP contribution in [0.1, 0.15) is 13.8 Å². The second-order valence-electron chi connectivity index (χ2n) is 2.04. The van der Waals surface area contributed by atoms with Crippen LogP contribution in [0.25, 0.3) is 0 Å². The van der Waals surface area contributed by atoms with Crippen LogP contribution in [-0.2, 0) is 9.59 Å². The standard InChI is InChI=1S/C6H10NO3/c1-4(9)6(3-8)7-5(2)10/h4,6,9H,1-2H3,(H,7,10). The van der Waals surface area contributed by atoms with E-state index in [1.807, 2.05) is 0 Å². The molecular weight excluding hydrogens is 134 g/mol. The summed E-state index contributed by atoms with van der Waals surface area (Å²) in [6.45, 7) is 2.68. The van der Waals surface area contributed by atoms with Gasteiger partial charge in [0.05, 0.1) is 6.10 Å². The first-order valence-corrected chi connectivity index (χ1v) is 2.90. The first-order valence-electron chi connectivity index (χ1n) is 2.90. The van der Waals surface area contributed by atoms with Crippen molar-refractivity contribution in [2.24, 2.45) is 0 Å². The zero-order chi connectivity index (χ0) is 8.15. The summed E-state index contributed by atoms with van der Waals surface area (Å²) in [6, 6.07) is -0.905. The van der Waals surface area contributed by atoms with E-state index in [1.54, 1.807) is 0 Å². The molecule has 10 heavy (non-hydrogen) atoms. The number of hydrogen-bond acceptors (Lipinski definition) is 3. The molecule has 0 aromatic carbocycles. The van der Waals surface area contributed by atoms with Crippen molar-refractivity contribution in [3.8, 4) is 0 Å². The lowest BCUT2D eigenvalue weighted by atomic mass is 10.2. The highest BCUT2D eigenvalue weighted by molar-refractivity contribution is 5.77. The van der Waals surface area contributed by atoms with Crippen LogP contribution in [0.2, 0.25) is 0 Å². The second-order valence-corrected chi connectivity index (χ2v) is 2.04. The first-order chi connectivity index (χ1) is 4.57. The molecule has 0 aliphatic heterocycles. The molecule has 0 aliphatic carbocycles. The molecular formula is C6H10NO3. The average Bonchev–Trinajstić information content (AvgIpc) is 1.81. The largest absolute Gasteiger partial charge is 0.391 e. The van der Waals surface area contributed by atoms with Gasteiger partial charge in [0.2, 0.25) is 12.2 Å². The van der Waals surface area contributed by atoms with Crippen molar-refractivity contribution >= 4 is 12.2 Å². The van der Waals surface area contributed by atoms with Crippen molar-refractivity contribution in [2.75, 3.05) is 0 Å². The van der Waals surface area contributed by atoms with Gasteiger partial charge >= 0.3 is 0 Å². The number of carbonyl (C=O) groups is 1. The van der Waals surface area contributed by atoms with Gasteiger partial charge in [-0.15, -0.1) is 0 Å². The molecule has 2 atom stereocenters. The van der Waals surface area contributed by atoms with Gasteiger partial charge in [-0.1, -0.05) is 0 Å². The summed E-state index contributed by atoms with van der Waals surface area (Å²) in [4.78, 5) is 20.3. The molecule has 0 saturated carbocycles. The number of aliphatic hydroxyl groups excluding tert-OH is 1. The fourth-order valence-electron chi connectivity index (χ4n) is 0.468. The van der Waals surface area contributed by atoms with Crippen molar-refractivity contribution in [3.63, 3.8) is 0 Å². The smallest absolute Gasteiger partial charge is 0.225 e. The second kappa shape index (κ2) is 4.00. The van der Waals surface area contributed by atoms with Gasteiger partial charge in [-0.05, 0) is 6.92 Å². The number of nitrogens with one attached hydrogen (secondary N) is 1. The number of amides is 1. The lowest BCUT2D eigenvalue weighted by molar-refractivity contribution is -0.119. The summed E-state index contributed by atoms with van der Waals surface area (Å²) in [5, 5.41) is 11.0. The third-order valence-corrected chi connectivity index (χ3v) is 0.968. The molecule has 0 heterocycles. The molecule has 0 rings (SSSR count). The van der Waals surface area contributed by atoms with E-state index in [0.29, 0.717) is 0 Å². The molecule has 4 heteroatoms. The van der Waals surface area contributed by atoms with Crippen LogP contribution in [0.3, 0.4) is 0 Å². The van der Waals surface area contributed by atoms with Crippen LogP contribution < -0.4 is 5.32 Å². The van der Waals surface area contributed by atoms with Crippen LogP contribution in [0.15, 0.2) is 0 Å². The van der Waals surface area contributed by atoms with Crippen molar-refractivity contribution < 1.29 is 14.7 Å². The minimum Gasteiger partial charge on any atom is -0.391 e. The molecule has 4 nitrogen and oxygen atoms in total. The minimum absolute atomic E-state index is 0.353. The average molecular weight is 144 g/mol. The third kappa shape index (κ3) is 3.19. The summed E-state index contributed by atoms with van der Waals surface area (Å²) in [6.07, 6.45) is 0.613. The Morgan fingerprint density at radius 2 is 2.20 bits per heavy atom. The minimum atomic E-state index is -0.905. The van der Waals surface area contributed by atoms with Crippen molar-refractivity contribution in [1.82, 2.24) is 5.32 Å². The van der Waals surface area contributed by atoms with Gasteiger partial charge in [-0.2, -0.15) is 0 Å². The number of rotatable bonds is 3. The van der Waals surface area contributed by atoms with Gasteiger partial charge in [0.15, 0.2) is 0 Å². The predicted molar refractivity (Wildman–Crippen MR) is 35.0 cm³/mol. The molecule has 2 unspecified atom stereocenters. The summed E-state index contributed by atoms with van der Waals surface area (Å²) >= 11 is 0. The predicted octanol–water partition coefficient (Wildman–Crippen LogP) is -1.02. The Hall–Kier alpha value is -0.900. The Bertz CT molecular complexity index is 133. The molecule has 2 N–H and O–H groups in total. The van der Waals surface area contributed by atoms with Crippen molar-refractivity contribution in [3.05, 3.63) is 0 Å². The van der Waals surface area contributed by atoms with Gasteiger partial charge < -0.3 is 10.4 Å². The van der Waals surface area contributed by atoms with E-state index in [0.717, 1.165) is 0 Å². The molecule has 0 fully saturated rings. The molecule has 1 amide bonds. The van der Waals surface area contributed by atoms with Crippen molar-refractivity contribution in [2.45, 2.75) is 26.0 Å². The topological polar surface area (TPSA) is 66.4 Å². The Labute approximate surface area is 59.2 Å². The normalized spacial score (nSPS) is 15.5. The van der Waals surface area contributed by atoms with Gasteiger partial charge in [0.25, 0.3) is 0 Å². The summed E-state index contributed by atoms with van der Waals surface area (Å²) in [7, 11) is 0. The fraction of sp³-hybridized carbons (Fsp3) is 0.667. The Morgan fingerprint density at radius 1 is 1.70 bits per heavy atom. The van der Waals surface area contributed by atoms with E-state index in [2.05, 4.69) is 5.32 Å². The van der Waals surface area contributed by atoms with Gasteiger partial charge in [0, 0.05) is 6.92 Å². The van der Waals surface area contributed by atoms with E-state index >= 15 is 0 Å². The third-order valence-electron chi connectivity index (χ3n) is 0.968. The van der Waals surface area contributed by atoms with Crippen LogP contribution in [0.5, 0.6) is 0 Å². The molecule has 0 spiro atoms. The Balaban J connectivity index is 3.83. The quantitative estimate of drug-likeness (QED) is 0.533. The highest BCUT2D eigenvalue weighted by atomic mass is 16.3. The zero-order valence-corrected chi connectivity index (χ0v) is 5.92. The van der Waals surface area contributed by atoms with E-state index in [9.17, 15) is 9.59 Å². The highest BCUT2D eigenvalue weighted by Gasteiger charge is 2.14. The van der Waals surface area contributed by atoms with E-state index in [4.69, 9.17) is 5.11 Å². The maximum atomic E-state index is 10.3. The van der Waals surface area contributed by atoms with Crippen LogP contribution in [0.4, 0.5) is 0 Å². The maximum absolute atomic E-state index is 10.3. The lowest BCUT2D eigenvalue weighted by Gasteiger charge is -2.12. The summed E-state index contributed by atoms with van der Waals surface area (Å²) in [5.74, 6) is -0.353. The van der Waals surface area contributed by atoms with Crippen LogP contribution in [-0.4, -0.2) is 29.4 Å². The monoisotopic (exact) mass is 144 g/mol. The maximum Gasteiger partial charge on any atom is 0.225 e. The number of carbonyl (C=O) groups excluding carboxylic acids is 2. The summed E-state index contributed by atoms with van der Waals surface area (Å²) in [5.41, 5.74) is 0. The highest BCUT2D eigenvalue weighted by Crippen LogP contribution is 1.87. The van der Waals surface area contributed by atoms with E-state index < -0.39 is 12.1 Å². The summed E-state index contributed by atoms with van der Waals surface area (Å²) < 4.78 is 0. The first kappa shape index (κ1) is 9.10. The van der Waals surface area contributed by atoms with Gasteiger partial charge in [0.1, 0.15) is 6.04 Å². The zero-order valence-electron chi connectivity index (χ0n) is 5.92. The van der Waals surface area contributed by atoms with Crippen LogP contribution in [0, 0.1) is 0 Å². The number of aliphatic hydroxyl groups is 1.